The molecule has 2 heterocycles. The zero-order valence-corrected chi connectivity index (χ0v) is 24.7. The van der Waals surface area contributed by atoms with E-state index in [0.29, 0.717) is 31.6 Å². The van der Waals surface area contributed by atoms with E-state index in [4.69, 9.17) is 14.2 Å². The fourth-order valence-corrected chi connectivity index (χ4v) is 6.11. The first-order valence-corrected chi connectivity index (χ1v) is 14.2. The molecule has 0 atom stereocenters. The van der Waals surface area contributed by atoms with Gasteiger partial charge >= 0.3 is 18.2 Å². The monoisotopic (exact) mass is 559 g/mol. The van der Waals surface area contributed by atoms with Gasteiger partial charge in [0.2, 0.25) is 0 Å². The molecule has 0 unspecified atom stereocenters. The van der Waals surface area contributed by atoms with Crippen molar-refractivity contribution in [3.8, 4) is 0 Å². The van der Waals surface area contributed by atoms with Gasteiger partial charge in [-0.3, -0.25) is 0 Å². The summed E-state index contributed by atoms with van der Waals surface area (Å²) >= 11 is 1.56. The Kier molecular flexibility index (Phi) is 10.6. The highest BCUT2D eigenvalue weighted by molar-refractivity contribution is 7.16. The standard InChI is InChI=1S/C29H41N3O6S/c1-7-32(22-14-17-31(18-15-22)28(35)38-29(3,4)5)25-20(2)24(26(33)36-6)23(39-25)13-16-30-27(34)37-19-21-11-9-8-10-12-21/h8-12,22H,7,13-19H2,1-6H3,(H,30,34). The number of hydrogen-bond acceptors (Lipinski definition) is 8. The van der Waals surface area contributed by atoms with Crippen LogP contribution in [-0.2, 0) is 27.2 Å². The predicted molar refractivity (Wildman–Crippen MR) is 153 cm³/mol. The third-order valence-corrected chi connectivity index (χ3v) is 7.97. The van der Waals surface area contributed by atoms with E-state index in [1.807, 2.05) is 58.0 Å². The van der Waals surface area contributed by atoms with E-state index in [1.54, 1.807) is 16.2 Å². The second kappa shape index (κ2) is 13.7. The predicted octanol–water partition coefficient (Wildman–Crippen LogP) is 5.54. The Morgan fingerprint density at radius 1 is 1.13 bits per heavy atom. The average molecular weight is 560 g/mol. The van der Waals surface area contributed by atoms with Crippen LogP contribution in [0.4, 0.5) is 14.6 Å². The van der Waals surface area contributed by atoms with Crippen molar-refractivity contribution >= 4 is 34.5 Å². The third-order valence-electron chi connectivity index (χ3n) is 6.58. The molecule has 2 aromatic rings. The summed E-state index contributed by atoms with van der Waals surface area (Å²) in [7, 11) is 1.38. The van der Waals surface area contributed by atoms with Crippen LogP contribution in [0.25, 0.3) is 0 Å². The van der Waals surface area contributed by atoms with Crippen molar-refractivity contribution in [2.24, 2.45) is 0 Å². The first-order valence-electron chi connectivity index (χ1n) is 13.4. The van der Waals surface area contributed by atoms with Crippen molar-refractivity contribution in [1.29, 1.82) is 0 Å². The van der Waals surface area contributed by atoms with Crippen LogP contribution in [0, 0.1) is 6.92 Å². The van der Waals surface area contributed by atoms with Gasteiger partial charge < -0.3 is 29.3 Å². The number of carbonyl (C=O) groups excluding carboxylic acids is 3. The molecule has 1 aromatic carbocycles. The molecule has 0 saturated carbocycles. The maximum Gasteiger partial charge on any atom is 0.410 e. The molecule has 214 valence electrons. The number of benzene rings is 1. The van der Waals surface area contributed by atoms with E-state index < -0.39 is 11.7 Å². The van der Waals surface area contributed by atoms with Crippen LogP contribution < -0.4 is 10.2 Å². The van der Waals surface area contributed by atoms with Gasteiger partial charge in [0.15, 0.2) is 0 Å². The zero-order chi connectivity index (χ0) is 28.6. The molecule has 39 heavy (non-hydrogen) atoms. The van der Waals surface area contributed by atoms with Gasteiger partial charge in [-0.2, -0.15) is 0 Å². The summed E-state index contributed by atoms with van der Waals surface area (Å²) in [5.41, 5.74) is 1.83. The van der Waals surface area contributed by atoms with Gasteiger partial charge in [0.25, 0.3) is 0 Å². The van der Waals surface area contributed by atoms with Gasteiger partial charge in [0.1, 0.15) is 12.2 Å². The molecule has 0 spiro atoms. The van der Waals surface area contributed by atoms with E-state index in [0.717, 1.165) is 40.4 Å². The Bertz CT molecular complexity index is 1120. The summed E-state index contributed by atoms with van der Waals surface area (Å²) in [5.74, 6) is -0.382. The van der Waals surface area contributed by atoms with Crippen molar-refractivity contribution in [3.05, 3.63) is 51.9 Å². The second-order valence-corrected chi connectivity index (χ2v) is 11.6. The highest BCUT2D eigenvalue weighted by Gasteiger charge is 2.32. The second-order valence-electron chi connectivity index (χ2n) is 10.5. The summed E-state index contributed by atoms with van der Waals surface area (Å²) in [6.07, 6.45) is 1.31. The topological polar surface area (TPSA) is 97.4 Å². The van der Waals surface area contributed by atoms with E-state index in [2.05, 4.69) is 17.1 Å². The lowest BCUT2D eigenvalue weighted by Crippen LogP contribution is -2.48. The first-order chi connectivity index (χ1) is 18.5. The number of hydrogen-bond donors (Lipinski definition) is 1. The fourth-order valence-electron chi connectivity index (χ4n) is 4.69. The summed E-state index contributed by atoms with van der Waals surface area (Å²) in [6, 6.07) is 9.72. The summed E-state index contributed by atoms with van der Waals surface area (Å²) in [4.78, 5) is 42.4. The number of piperidine rings is 1. The van der Waals surface area contributed by atoms with E-state index in [9.17, 15) is 14.4 Å². The molecule has 1 aliphatic heterocycles. The number of carbonyl (C=O) groups is 3. The number of nitrogens with zero attached hydrogens (tertiary/aromatic N) is 2. The largest absolute Gasteiger partial charge is 0.465 e. The number of nitrogens with one attached hydrogen (secondary N) is 1. The van der Waals surface area contributed by atoms with Gasteiger partial charge in [0, 0.05) is 43.5 Å². The number of esters is 1. The fraction of sp³-hybridized carbons (Fsp3) is 0.552. The number of thiophene rings is 1. The van der Waals surface area contributed by atoms with Crippen LogP contribution >= 0.6 is 11.3 Å². The first kappa shape index (κ1) is 30.3. The van der Waals surface area contributed by atoms with Gasteiger partial charge in [-0.25, -0.2) is 14.4 Å². The lowest BCUT2D eigenvalue weighted by Gasteiger charge is -2.39. The SMILES string of the molecule is CCN(c1sc(CCNC(=O)OCc2ccccc2)c(C(=O)OC)c1C)C1CCN(C(=O)OC(C)(C)C)CC1. The molecular weight excluding hydrogens is 518 g/mol. The Labute approximate surface area is 235 Å². The van der Waals surface area contributed by atoms with Gasteiger partial charge in [0.05, 0.1) is 17.7 Å². The number of methoxy groups -OCH3 is 1. The van der Waals surface area contributed by atoms with Crippen LogP contribution in [0.2, 0.25) is 0 Å². The number of rotatable bonds is 9. The smallest absolute Gasteiger partial charge is 0.410 e. The molecule has 2 amide bonds. The molecule has 1 fully saturated rings. The molecule has 1 saturated heterocycles. The van der Waals surface area contributed by atoms with Crippen LogP contribution in [0.1, 0.15) is 66.9 Å². The lowest BCUT2D eigenvalue weighted by atomic mass is 10.0. The quantitative estimate of drug-likeness (QED) is 0.318. The molecule has 1 N–H and O–H groups in total. The Morgan fingerprint density at radius 2 is 1.79 bits per heavy atom. The van der Waals surface area contributed by atoms with Crippen molar-refractivity contribution in [2.75, 3.05) is 38.2 Å². The normalized spacial score (nSPS) is 14.1. The Hall–Kier alpha value is -3.27. The minimum absolute atomic E-state index is 0.195. The van der Waals surface area contributed by atoms with Crippen molar-refractivity contribution in [3.63, 3.8) is 0 Å². The molecule has 1 aromatic heterocycles. The van der Waals surface area contributed by atoms with Crippen molar-refractivity contribution in [2.45, 2.75) is 72.1 Å². The third kappa shape index (κ3) is 8.36. The maximum absolute atomic E-state index is 12.7. The van der Waals surface area contributed by atoms with E-state index in [-0.39, 0.29) is 24.7 Å². The van der Waals surface area contributed by atoms with Crippen LogP contribution in [-0.4, -0.2) is 68.0 Å². The number of anilines is 1. The van der Waals surface area contributed by atoms with Gasteiger partial charge in [-0.15, -0.1) is 11.3 Å². The minimum Gasteiger partial charge on any atom is -0.465 e. The molecule has 0 bridgehead atoms. The summed E-state index contributed by atoms with van der Waals surface area (Å²) in [6.45, 7) is 12.2. The van der Waals surface area contributed by atoms with Crippen molar-refractivity contribution < 1.29 is 28.6 Å². The molecule has 9 nitrogen and oxygen atoms in total. The van der Waals surface area contributed by atoms with E-state index >= 15 is 0 Å². The zero-order valence-electron chi connectivity index (χ0n) is 23.9. The molecule has 0 radical (unpaired) electrons. The van der Waals surface area contributed by atoms with Crippen LogP contribution in [0.5, 0.6) is 0 Å². The van der Waals surface area contributed by atoms with Gasteiger partial charge in [-0.05, 0) is 58.6 Å². The Balaban J connectivity index is 1.65. The number of amides is 2. The van der Waals surface area contributed by atoms with Crippen LogP contribution in [0.3, 0.4) is 0 Å². The summed E-state index contributed by atoms with van der Waals surface area (Å²) < 4.78 is 15.9. The molecular formula is C29H41N3O6S. The highest BCUT2D eigenvalue weighted by Crippen LogP contribution is 2.39. The molecule has 10 heteroatoms. The minimum atomic E-state index is -0.522. The average Bonchev–Trinajstić information content (AvgIpc) is 3.23. The lowest BCUT2D eigenvalue weighted by molar-refractivity contribution is 0.0204. The Morgan fingerprint density at radius 3 is 2.38 bits per heavy atom. The van der Waals surface area contributed by atoms with E-state index in [1.165, 1.54) is 7.11 Å². The molecule has 0 aliphatic carbocycles. The van der Waals surface area contributed by atoms with Gasteiger partial charge in [-0.1, -0.05) is 30.3 Å². The summed E-state index contributed by atoms with van der Waals surface area (Å²) in [5, 5.41) is 3.81. The number of likely N-dealkylation sites (tertiary alicyclic amines) is 1. The molecule has 1 aliphatic rings. The molecule has 3 rings (SSSR count). The maximum atomic E-state index is 12.7. The van der Waals surface area contributed by atoms with Crippen LogP contribution in [0.15, 0.2) is 30.3 Å². The highest BCUT2D eigenvalue weighted by atomic mass is 32.1. The number of alkyl carbamates (subject to hydrolysis) is 1. The van der Waals surface area contributed by atoms with Crippen molar-refractivity contribution in [1.82, 2.24) is 10.2 Å². The number of ether oxygens (including phenoxy) is 3.